The van der Waals surface area contributed by atoms with Gasteiger partial charge in [0.2, 0.25) is 0 Å². The molecule has 0 aliphatic heterocycles. The predicted octanol–water partition coefficient (Wildman–Crippen LogP) is 4.70. The molecule has 90 valence electrons. The molecule has 1 N–H and O–H groups in total. The fourth-order valence-electron chi connectivity index (χ4n) is 2.69. The Morgan fingerprint density at radius 1 is 1.00 bits per heavy atom. The van der Waals surface area contributed by atoms with Gasteiger partial charge in [-0.15, -0.1) is 0 Å². The SMILES string of the molecule is CCC(c1cccc2c(O)cccc12)C(C)C. The van der Waals surface area contributed by atoms with Crippen LogP contribution >= 0.6 is 0 Å². The van der Waals surface area contributed by atoms with E-state index in [1.807, 2.05) is 18.2 Å². The lowest BCUT2D eigenvalue weighted by Gasteiger charge is -2.21. The number of phenolic OH excluding ortho intramolecular Hbond substituents is 1. The predicted molar refractivity (Wildman–Crippen MR) is 73.5 cm³/mol. The third-order valence-corrected chi connectivity index (χ3v) is 3.58. The number of fused-ring (bicyclic) bond motifs is 1. The zero-order valence-corrected chi connectivity index (χ0v) is 10.8. The zero-order valence-electron chi connectivity index (χ0n) is 10.8. The van der Waals surface area contributed by atoms with E-state index in [0.717, 1.165) is 11.8 Å². The minimum absolute atomic E-state index is 0.378. The van der Waals surface area contributed by atoms with E-state index in [9.17, 15) is 5.11 Å². The van der Waals surface area contributed by atoms with E-state index in [1.165, 1.54) is 10.9 Å². The monoisotopic (exact) mass is 228 g/mol. The van der Waals surface area contributed by atoms with Crippen LogP contribution in [0, 0.1) is 5.92 Å². The molecule has 0 saturated carbocycles. The van der Waals surface area contributed by atoms with Crippen LogP contribution in [-0.2, 0) is 0 Å². The molecule has 1 atom stereocenters. The van der Waals surface area contributed by atoms with E-state index in [-0.39, 0.29) is 0 Å². The normalized spacial score (nSPS) is 13.2. The molecule has 0 aromatic heterocycles. The van der Waals surface area contributed by atoms with Crippen molar-refractivity contribution >= 4 is 10.8 Å². The van der Waals surface area contributed by atoms with Crippen molar-refractivity contribution < 1.29 is 5.11 Å². The summed E-state index contributed by atoms with van der Waals surface area (Å²) in [6.07, 6.45) is 1.13. The first-order chi connectivity index (χ1) is 8.15. The molecule has 1 heteroatoms. The Kier molecular flexibility index (Phi) is 3.37. The van der Waals surface area contributed by atoms with Crippen LogP contribution in [0.2, 0.25) is 0 Å². The van der Waals surface area contributed by atoms with Gasteiger partial charge in [-0.05, 0) is 35.3 Å². The molecule has 0 fully saturated rings. The maximum atomic E-state index is 9.89. The molecule has 0 spiro atoms. The number of aromatic hydroxyl groups is 1. The lowest BCUT2D eigenvalue weighted by molar-refractivity contribution is 0.480. The summed E-state index contributed by atoms with van der Waals surface area (Å²) in [5, 5.41) is 12.0. The molecule has 0 aliphatic rings. The van der Waals surface area contributed by atoms with Crippen LogP contribution in [0.3, 0.4) is 0 Å². The molecule has 0 aliphatic carbocycles. The molecule has 2 aromatic rings. The van der Waals surface area contributed by atoms with Gasteiger partial charge in [0.25, 0.3) is 0 Å². The second-order valence-electron chi connectivity index (χ2n) is 4.98. The summed E-state index contributed by atoms with van der Waals surface area (Å²) in [5.74, 6) is 1.55. The molecule has 1 unspecified atom stereocenters. The highest BCUT2D eigenvalue weighted by Crippen LogP contribution is 2.35. The Bertz CT molecular complexity index is 514. The molecule has 17 heavy (non-hydrogen) atoms. The maximum Gasteiger partial charge on any atom is 0.123 e. The topological polar surface area (TPSA) is 20.2 Å². The van der Waals surface area contributed by atoms with Crippen LogP contribution in [0.1, 0.15) is 38.7 Å². The van der Waals surface area contributed by atoms with Crippen LogP contribution in [0.5, 0.6) is 5.75 Å². The summed E-state index contributed by atoms with van der Waals surface area (Å²) < 4.78 is 0. The van der Waals surface area contributed by atoms with E-state index < -0.39 is 0 Å². The van der Waals surface area contributed by atoms with Crippen molar-refractivity contribution in [3.63, 3.8) is 0 Å². The Morgan fingerprint density at radius 3 is 2.29 bits per heavy atom. The molecular weight excluding hydrogens is 208 g/mol. The van der Waals surface area contributed by atoms with Crippen LogP contribution in [0.15, 0.2) is 36.4 Å². The van der Waals surface area contributed by atoms with Gasteiger partial charge in [-0.2, -0.15) is 0 Å². The van der Waals surface area contributed by atoms with E-state index in [2.05, 4.69) is 32.9 Å². The van der Waals surface area contributed by atoms with E-state index in [4.69, 9.17) is 0 Å². The van der Waals surface area contributed by atoms with Gasteiger partial charge >= 0.3 is 0 Å². The van der Waals surface area contributed by atoms with Crippen molar-refractivity contribution in [3.05, 3.63) is 42.0 Å². The third kappa shape index (κ3) is 2.14. The average molecular weight is 228 g/mol. The van der Waals surface area contributed by atoms with Crippen molar-refractivity contribution in [2.24, 2.45) is 5.92 Å². The summed E-state index contributed by atoms with van der Waals surface area (Å²) in [6, 6.07) is 12.0. The van der Waals surface area contributed by atoms with Gasteiger partial charge in [0.15, 0.2) is 0 Å². The maximum absolute atomic E-state index is 9.89. The average Bonchev–Trinajstić information content (AvgIpc) is 2.31. The summed E-state index contributed by atoms with van der Waals surface area (Å²) in [5.41, 5.74) is 1.36. The minimum atomic E-state index is 0.378. The van der Waals surface area contributed by atoms with Crippen LogP contribution in [0.25, 0.3) is 10.8 Å². The van der Waals surface area contributed by atoms with Gasteiger partial charge in [-0.3, -0.25) is 0 Å². The Morgan fingerprint density at radius 2 is 1.65 bits per heavy atom. The molecule has 0 radical (unpaired) electrons. The minimum Gasteiger partial charge on any atom is -0.507 e. The highest BCUT2D eigenvalue weighted by atomic mass is 16.3. The van der Waals surface area contributed by atoms with Gasteiger partial charge in [0, 0.05) is 5.39 Å². The molecule has 0 amide bonds. The summed E-state index contributed by atoms with van der Waals surface area (Å²) in [4.78, 5) is 0. The van der Waals surface area contributed by atoms with Crippen molar-refractivity contribution in [1.29, 1.82) is 0 Å². The van der Waals surface area contributed by atoms with Crippen molar-refractivity contribution in [2.75, 3.05) is 0 Å². The summed E-state index contributed by atoms with van der Waals surface area (Å²) in [6.45, 7) is 6.75. The van der Waals surface area contributed by atoms with E-state index in [1.54, 1.807) is 6.07 Å². The van der Waals surface area contributed by atoms with Gasteiger partial charge in [0.1, 0.15) is 5.75 Å². The quantitative estimate of drug-likeness (QED) is 0.807. The van der Waals surface area contributed by atoms with E-state index in [0.29, 0.717) is 17.6 Å². The molecule has 0 heterocycles. The van der Waals surface area contributed by atoms with Gasteiger partial charge < -0.3 is 5.11 Å². The van der Waals surface area contributed by atoms with Crippen molar-refractivity contribution in [1.82, 2.24) is 0 Å². The second kappa shape index (κ2) is 4.79. The fraction of sp³-hybridized carbons (Fsp3) is 0.375. The number of phenols is 1. The van der Waals surface area contributed by atoms with Crippen LogP contribution in [-0.4, -0.2) is 5.11 Å². The Labute approximate surface area is 103 Å². The number of hydrogen-bond donors (Lipinski definition) is 1. The second-order valence-corrected chi connectivity index (χ2v) is 4.98. The molecule has 2 aromatic carbocycles. The third-order valence-electron chi connectivity index (χ3n) is 3.58. The van der Waals surface area contributed by atoms with Crippen molar-refractivity contribution in [3.8, 4) is 5.75 Å². The molecule has 0 saturated heterocycles. The summed E-state index contributed by atoms with van der Waals surface area (Å²) >= 11 is 0. The van der Waals surface area contributed by atoms with Gasteiger partial charge in [0.05, 0.1) is 0 Å². The first-order valence-corrected chi connectivity index (χ1v) is 6.35. The van der Waals surface area contributed by atoms with Crippen LogP contribution < -0.4 is 0 Å². The number of benzene rings is 2. The molecule has 0 bridgehead atoms. The lowest BCUT2D eigenvalue weighted by atomic mass is 9.84. The lowest BCUT2D eigenvalue weighted by Crippen LogP contribution is -2.05. The van der Waals surface area contributed by atoms with Crippen LogP contribution in [0.4, 0.5) is 0 Å². The highest BCUT2D eigenvalue weighted by Gasteiger charge is 2.16. The number of hydrogen-bond acceptors (Lipinski definition) is 1. The standard InChI is InChI=1S/C16H20O/c1-4-12(11(2)3)13-7-5-9-15-14(13)8-6-10-16(15)17/h5-12,17H,4H2,1-3H3. The van der Waals surface area contributed by atoms with Crippen molar-refractivity contribution in [2.45, 2.75) is 33.1 Å². The summed E-state index contributed by atoms with van der Waals surface area (Å²) in [7, 11) is 0. The smallest absolute Gasteiger partial charge is 0.123 e. The molecular formula is C16H20O. The van der Waals surface area contributed by atoms with Gasteiger partial charge in [-0.1, -0.05) is 51.1 Å². The Hall–Kier alpha value is -1.50. The molecule has 2 rings (SSSR count). The first kappa shape index (κ1) is 12.0. The first-order valence-electron chi connectivity index (χ1n) is 6.35. The number of rotatable bonds is 3. The Balaban J connectivity index is 2.65. The fourth-order valence-corrected chi connectivity index (χ4v) is 2.69. The highest BCUT2D eigenvalue weighted by molar-refractivity contribution is 5.91. The van der Waals surface area contributed by atoms with E-state index >= 15 is 0 Å². The molecule has 1 nitrogen and oxygen atoms in total. The zero-order chi connectivity index (χ0) is 12.4. The largest absolute Gasteiger partial charge is 0.507 e. The van der Waals surface area contributed by atoms with Gasteiger partial charge in [-0.25, -0.2) is 0 Å².